The van der Waals surface area contributed by atoms with Gasteiger partial charge < -0.3 is 13.6 Å². The first-order valence-corrected chi connectivity index (χ1v) is 29.5. The molecule has 5 nitrogen and oxygen atoms in total. The number of rotatable bonds is 11. The van der Waals surface area contributed by atoms with Crippen LogP contribution >= 0.6 is 0 Å². The van der Waals surface area contributed by atoms with Crippen LogP contribution in [0.2, 0.25) is 0 Å². The number of hydrogen-bond acceptors (Lipinski definition) is 3. The summed E-state index contributed by atoms with van der Waals surface area (Å²) in [4.78, 5) is 10.5. The Bertz CT molecular complexity index is 4160. The Hall–Kier alpha value is -7.63. The Morgan fingerprint density at radius 1 is 0.476 bits per heavy atom. The fourth-order valence-electron chi connectivity index (χ4n) is 12.5. The Kier molecular flexibility index (Phi) is 16.0. The second kappa shape index (κ2) is 23.3. The zero-order valence-corrected chi connectivity index (χ0v) is 51.5. The molecule has 0 aliphatic heterocycles. The first-order valence-electron chi connectivity index (χ1n) is 29.5. The predicted molar refractivity (Wildman–Crippen MR) is 340 cm³/mol. The van der Waals surface area contributed by atoms with E-state index in [-0.39, 0.29) is 20.1 Å². The van der Waals surface area contributed by atoms with Crippen molar-refractivity contribution < 1.29 is 24.5 Å². The average Bonchev–Trinajstić information content (AvgIpc) is 4.38. The number of fused-ring (bicyclic) bond motifs is 5. The van der Waals surface area contributed by atoms with Crippen molar-refractivity contribution in [1.29, 1.82) is 0 Å². The molecule has 0 bridgehead atoms. The van der Waals surface area contributed by atoms with Gasteiger partial charge in [0, 0.05) is 36.9 Å². The van der Waals surface area contributed by atoms with Gasteiger partial charge in [0.1, 0.15) is 5.58 Å². The fraction of sp³-hybridized carbons (Fsp3) is 0.263. The number of furan rings is 1. The number of benzene rings is 9. The van der Waals surface area contributed by atoms with E-state index in [4.69, 9.17) is 14.4 Å². The first-order chi connectivity index (χ1) is 39.2. The van der Waals surface area contributed by atoms with Gasteiger partial charge in [-0.15, -0.1) is 53.6 Å². The zero-order valence-electron chi connectivity index (χ0n) is 49.1. The van der Waals surface area contributed by atoms with E-state index < -0.39 is 0 Å². The van der Waals surface area contributed by atoms with Gasteiger partial charge in [-0.05, 0) is 148 Å². The smallest absolute Gasteiger partial charge is 0.120 e. The molecule has 13 rings (SSSR count). The maximum Gasteiger partial charge on any atom is 0.120 e. The predicted octanol–water partition coefficient (Wildman–Crippen LogP) is 21.4. The van der Waals surface area contributed by atoms with E-state index in [1.807, 2.05) is 24.3 Å². The van der Waals surface area contributed by atoms with Gasteiger partial charge in [-0.1, -0.05) is 195 Å². The molecule has 0 amide bonds. The molecule has 1 fully saturated rings. The number of imidazole rings is 2. The van der Waals surface area contributed by atoms with Crippen molar-refractivity contribution in [3.63, 3.8) is 0 Å². The normalized spacial score (nSPS) is 13.7. The second-order valence-corrected chi connectivity index (χ2v) is 24.5. The van der Waals surface area contributed by atoms with E-state index in [1.165, 1.54) is 81.6 Å². The van der Waals surface area contributed by atoms with Gasteiger partial charge in [0.15, 0.2) is 0 Å². The molecule has 1 aliphatic carbocycles. The molecule has 9 aromatic carbocycles. The van der Waals surface area contributed by atoms with Gasteiger partial charge in [0.2, 0.25) is 0 Å². The summed E-state index contributed by atoms with van der Waals surface area (Å²) in [6, 6.07) is 73.9. The van der Waals surface area contributed by atoms with Crippen molar-refractivity contribution >= 4 is 44.0 Å². The molecule has 1 radical (unpaired) electrons. The summed E-state index contributed by atoms with van der Waals surface area (Å²) in [5.41, 5.74) is 22.6. The summed E-state index contributed by atoms with van der Waals surface area (Å²) in [5.74, 6) is 3.81. The minimum Gasteiger partial charge on any atom is -0.501 e. The number of nitrogens with zero attached hydrogens (tertiary/aromatic N) is 4. The Balaban J connectivity index is 0.000000170. The van der Waals surface area contributed by atoms with E-state index in [0.29, 0.717) is 35.0 Å². The molecule has 1 saturated carbocycles. The summed E-state index contributed by atoms with van der Waals surface area (Å²) in [5, 5.41) is 2.22. The largest absolute Gasteiger partial charge is 0.501 e. The third-order valence-electron chi connectivity index (χ3n) is 17.0. The minimum absolute atomic E-state index is 0. The third-order valence-corrected chi connectivity index (χ3v) is 17.0. The van der Waals surface area contributed by atoms with Crippen LogP contribution in [0.25, 0.3) is 100 Å². The van der Waals surface area contributed by atoms with Gasteiger partial charge in [0.25, 0.3) is 0 Å². The summed E-state index contributed by atoms with van der Waals surface area (Å²) in [6.07, 6.45) is 5.12. The standard InChI is InChI=1S/C39H41N2O.C37H33N2.Ir/c1-24(2)31-22-27(26-18-20-39(5,6)21-19-26)23-32(25(3)4)36(31)41-34-16-9-8-15-33(34)40-38(41)30-14-11-13-29-28-12-7-10-17-35(28)42-37(29)30;1-25(2)32-23-31(28-16-9-6-10-17-28)24-33(26(3)4)36(32)39-35-21-12-11-20-34(35)38-37(39)30-19-13-18-29(22-30)27-14-7-5-8-15-27;/h7-13,15-17,22-26H,18-21H2,1-6H3;5-18,20-26H,1-4H3;/q2*-1;. The van der Waals surface area contributed by atoms with Crippen LogP contribution in [0.3, 0.4) is 0 Å². The van der Waals surface area contributed by atoms with Gasteiger partial charge in [-0.25, -0.2) is 0 Å². The van der Waals surface area contributed by atoms with Crippen LogP contribution < -0.4 is 0 Å². The van der Waals surface area contributed by atoms with Crippen LogP contribution in [-0.2, 0) is 20.1 Å². The molecule has 0 spiro atoms. The Morgan fingerprint density at radius 2 is 0.951 bits per heavy atom. The van der Waals surface area contributed by atoms with E-state index in [9.17, 15) is 0 Å². The molecule has 1 aliphatic rings. The summed E-state index contributed by atoms with van der Waals surface area (Å²) in [6.45, 7) is 23.4. The number of hydrogen-bond donors (Lipinski definition) is 0. The molecule has 415 valence electrons. The van der Waals surface area contributed by atoms with Crippen LogP contribution in [-0.4, -0.2) is 19.1 Å². The van der Waals surface area contributed by atoms with Crippen molar-refractivity contribution in [2.75, 3.05) is 0 Å². The maximum atomic E-state index is 6.51. The molecular formula is C76H74IrN4O-2. The van der Waals surface area contributed by atoms with Crippen LogP contribution in [0.4, 0.5) is 0 Å². The van der Waals surface area contributed by atoms with E-state index in [0.717, 1.165) is 72.3 Å². The first kappa shape index (κ1) is 56.2. The molecule has 12 aromatic rings. The van der Waals surface area contributed by atoms with Crippen LogP contribution in [0.1, 0.15) is 152 Å². The maximum absolute atomic E-state index is 6.51. The van der Waals surface area contributed by atoms with E-state index >= 15 is 0 Å². The van der Waals surface area contributed by atoms with Crippen molar-refractivity contribution in [3.05, 3.63) is 228 Å². The van der Waals surface area contributed by atoms with Gasteiger partial charge in [-0.3, -0.25) is 9.97 Å². The van der Waals surface area contributed by atoms with Crippen molar-refractivity contribution in [2.45, 2.75) is 125 Å². The van der Waals surface area contributed by atoms with Gasteiger partial charge in [0.05, 0.1) is 39.3 Å². The fourth-order valence-corrected chi connectivity index (χ4v) is 12.5. The SMILES string of the molecule is CC(C)c1cc(-c2ccccc2)cc(C(C)C)c1-n1c(-c2[c-]ccc(-c3ccccc3)c2)nc2ccccc21.CC(C)c1cc(C2CCC(C)(C)CC2)cc(C(C)C)c1-n1c(-c2[c-]ccc3c2oc2ccccc23)nc2ccccc21.[Ir]. The molecule has 0 atom stereocenters. The van der Waals surface area contributed by atoms with Gasteiger partial charge >= 0.3 is 0 Å². The van der Waals surface area contributed by atoms with Crippen molar-refractivity contribution in [3.8, 4) is 56.4 Å². The molecule has 0 unspecified atom stereocenters. The average molecular weight is 1250 g/mol. The quantitative estimate of drug-likeness (QED) is 0.121. The van der Waals surface area contributed by atoms with Crippen LogP contribution in [0.5, 0.6) is 0 Å². The van der Waals surface area contributed by atoms with Crippen LogP contribution in [0.15, 0.2) is 192 Å². The topological polar surface area (TPSA) is 48.8 Å². The Morgan fingerprint density at radius 3 is 1.52 bits per heavy atom. The Labute approximate surface area is 498 Å². The molecule has 3 aromatic heterocycles. The monoisotopic (exact) mass is 1250 g/mol. The summed E-state index contributed by atoms with van der Waals surface area (Å²) < 4.78 is 11.3. The molecule has 3 heterocycles. The van der Waals surface area contributed by atoms with Crippen molar-refractivity contribution in [2.24, 2.45) is 5.41 Å². The molecule has 0 N–H and O–H groups in total. The van der Waals surface area contributed by atoms with E-state index in [1.54, 1.807) is 0 Å². The summed E-state index contributed by atoms with van der Waals surface area (Å²) >= 11 is 0. The molecule has 0 saturated heterocycles. The van der Waals surface area contributed by atoms with Crippen molar-refractivity contribution in [1.82, 2.24) is 19.1 Å². The molecular weight excluding hydrogens is 1180 g/mol. The minimum atomic E-state index is 0. The summed E-state index contributed by atoms with van der Waals surface area (Å²) in [7, 11) is 0. The number of para-hydroxylation sites is 5. The molecule has 82 heavy (non-hydrogen) atoms. The van der Waals surface area contributed by atoms with Crippen LogP contribution in [0, 0.1) is 17.5 Å². The van der Waals surface area contributed by atoms with E-state index in [2.05, 4.69) is 254 Å². The van der Waals surface area contributed by atoms with Gasteiger partial charge in [-0.2, -0.15) is 0 Å². The zero-order chi connectivity index (χ0) is 56.1. The molecule has 6 heteroatoms. The second-order valence-electron chi connectivity index (χ2n) is 24.5. The number of aromatic nitrogens is 4. The third kappa shape index (κ3) is 10.7.